The highest BCUT2D eigenvalue weighted by Gasteiger charge is 2.31. The molecule has 1 aromatic carbocycles. The van der Waals surface area contributed by atoms with Crippen molar-refractivity contribution in [2.24, 2.45) is 0 Å². The molecule has 7 nitrogen and oxygen atoms in total. The van der Waals surface area contributed by atoms with E-state index < -0.39 is 16.9 Å². The molecule has 1 unspecified atom stereocenters. The van der Waals surface area contributed by atoms with E-state index in [4.69, 9.17) is 11.6 Å². The number of urea groups is 1. The summed E-state index contributed by atoms with van der Waals surface area (Å²) in [5, 5.41) is 0.676. The molecule has 0 aromatic heterocycles. The first-order chi connectivity index (χ1) is 14.8. The highest BCUT2D eigenvalue weighted by Crippen LogP contribution is 2.27. The minimum atomic E-state index is -2.97. The molecule has 0 radical (unpaired) electrons. The number of carbonyl (C=O) groups is 1. The van der Waals surface area contributed by atoms with Crippen LogP contribution in [0.2, 0.25) is 5.02 Å². The number of rotatable bonds is 11. The van der Waals surface area contributed by atoms with Crippen LogP contribution in [0.15, 0.2) is 30.6 Å². The molecule has 1 aliphatic rings. The second kappa shape index (κ2) is 12.2. The number of carbonyl (C=O) groups excluding carboxylic acids is 1. The summed E-state index contributed by atoms with van der Waals surface area (Å²) in [6, 6.07) is 5.52. The predicted molar refractivity (Wildman–Crippen MR) is 128 cm³/mol. The summed E-state index contributed by atoms with van der Waals surface area (Å²) in [6.07, 6.45) is 7.91. The summed E-state index contributed by atoms with van der Waals surface area (Å²) < 4.78 is 24.2. The topological polar surface area (TPSA) is 64.2 Å². The largest absolute Gasteiger partial charge is 0.375 e. The van der Waals surface area contributed by atoms with E-state index in [1.165, 1.54) is 4.90 Å². The Balaban J connectivity index is 2.04. The molecule has 9 heteroatoms. The van der Waals surface area contributed by atoms with E-state index in [0.717, 1.165) is 47.8 Å². The van der Waals surface area contributed by atoms with Crippen LogP contribution in [-0.4, -0.2) is 54.9 Å². The van der Waals surface area contributed by atoms with Crippen molar-refractivity contribution in [3.8, 4) is 0 Å². The van der Waals surface area contributed by atoms with Gasteiger partial charge in [-0.25, -0.2) is 17.5 Å². The van der Waals surface area contributed by atoms with Crippen molar-refractivity contribution < 1.29 is 13.2 Å². The number of anilines is 1. The average Bonchev–Trinajstić information content (AvgIpc) is 3.10. The lowest BCUT2D eigenvalue weighted by atomic mass is 10.1. The number of halogens is 1. The molecule has 1 aliphatic heterocycles. The fourth-order valence-electron chi connectivity index (χ4n) is 3.49. The number of thiol groups is 1. The first kappa shape index (κ1) is 25.3. The van der Waals surface area contributed by atoms with Crippen LogP contribution in [0.5, 0.6) is 0 Å². The minimum absolute atomic E-state index is 0.210. The van der Waals surface area contributed by atoms with Crippen LogP contribution < -0.4 is 4.90 Å². The van der Waals surface area contributed by atoms with Gasteiger partial charge in [-0.1, -0.05) is 50.8 Å². The zero-order valence-electron chi connectivity index (χ0n) is 19.0. The van der Waals surface area contributed by atoms with Gasteiger partial charge in [0.25, 0.3) is 0 Å². The average molecular weight is 471 g/mol. The summed E-state index contributed by atoms with van der Waals surface area (Å²) in [4.78, 5) is 18.4. The van der Waals surface area contributed by atoms with E-state index in [9.17, 15) is 13.2 Å². The first-order valence-electron chi connectivity index (χ1n) is 11.0. The Hall–Kier alpha value is -1.93. The molecule has 1 aromatic rings. The van der Waals surface area contributed by atoms with Crippen LogP contribution in [-0.2, 0) is 17.4 Å². The predicted octanol–water partition coefficient (Wildman–Crippen LogP) is 4.65. The number of unbranched alkanes of at least 4 members (excludes halogenated alkanes) is 3. The van der Waals surface area contributed by atoms with Gasteiger partial charge in [-0.3, -0.25) is 4.90 Å². The van der Waals surface area contributed by atoms with E-state index in [1.807, 2.05) is 37.1 Å². The lowest BCUT2D eigenvalue weighted by Gasteiger charge is -2.31. The van der Waals surface area contributed by atoms with Crippen molar-refractivity contribution in [3.63, 3.8) is 0 Å². The van der Waals surface area contributed by atoms with E-state index in [-0.39, 0.29) is 12.7 Å². The van der Waals surface area contributed by atoms with Gasteiger partial charge >= 0.3 is 6.03 Å². The second-order valence-corrected chi connectivity index (χ2v) is 9.28. The lowest BCUT2D eigenvalue weighted by Crippen LogP contribution is -2.46. The van der Waals surface area contributed by atoms with Crippen LogP contribution in [0.25, 0.3) is 0 Å². The summed E-state index contributed by atoms with van der Waals surface area (Å²) in [5.74, 6) is 0. The Kier molecular flexibility index (Phi) is 9.96. The molecule has 0 fully saturated rings. The SMILES string of the molecule is CCCCCN(C(=O)N1C=CN(Cc2ccc(N(C)CCCC)cc2Cl)C1C)[SH](=O)=O. The summed E-state index contributed by atoms with van der Waals surface area (Å²) >= 11 is 6.55. The number of benzene rings is 1. The molecule has 0 saturated heterocycles. The maximum Gasteiger partial charge on any atom is 0.339 e. The molecule has 0 bridgehead atoms. The van der Waals surface area contributed by atoms with Crippen molar-refractivity contribution in [1.29, 1.82) is 0 Å². The Labute approximate surface area is 193 Å². The number of nitrogens with zero attached hydrogens (tertiary/aromatic N) is 4. The Morgan fingerprint density at radius 1 is 1.10 bits per heavy atom. The quantitative estimate of drug-likeness (QED) is 0.376. The van der Waals surface area contributed by atoms with Crippen LogP contribution in [0.3, 0.4) is 0 Å². The van der Waals surface area contributed by atoms with Gasteiger partial charge in [0.05, 0.1) is 0 Å². The zero-order chi connectivity index (χ0) is 23.0. The minimum Gasteiger partial charge on any atom is -0.375 e. The van der Waals surface area contributed by atoms with Gasteiger partial charge in [0.15, 0.2) is 0 Å². The molecular weight excluding hydrogens is 436 g/mol. The molecule has 0 spiro atoms. The Morgan fingerprint density at radius 3 is 2.42 bits per heavy atom. The van der Waals surface area contributed by atoms with Crippen LogP contribution >= 0.6 is 11.6 Å². The van der Waals surface area contributed by atoms with E-state index >= 15 is 0 Å². The molecule has 0 N–H and O–H groups in total. The maximum absolute atomic E-state index is 12.8. The third kappa shape index (κ3) is 6.77. The zero-order valence-corrected chi connectivity index (χ0v) is 20.6. The van der Waals surface area contributed by atoms with Gasteiger partial charge in [0.1, 0.15) is 6.17 Å². The van der Waals surface area contributed by atoms with E-state index in [0.29, 0.717) is 18.0 Å². The maximum atomic E-state index is 12.8. The van der Waals surface area contributed by atoms with Gasteiger partial charge in [-0.2, -0.15) is 0 Å². The monoisotopic (exact) mass is 470 g/mol. The van der Waals surface area contributed by atoms with Gasteiger partial charge in [0.2, 0.25) is 10.9 Å². The molecule has 0 saturated carbocycles. The lowest BCUT2D eigenvalue weighted by molar-refractivity contribution is 0.147. The van der Waals surface area contributed by atoms with Gasteiger partial charge < -0.3 is 9.80 Å². The fraction of sp³-hybridized carbons (Fsp3) is 0.591. The van der Waals surface area contributed by atoms with Crippen molar-refractivity contribution in [2.45, 2.75) is 65.6 Å². The number of hydrogen-bond acceptors (Lipinski definition) is 5. The van der Waals surface area contributed by atoms with Gasteiger partial charge in [-0.15, -0.1) is 0 Å². The Morgan fingerprint density at radius 2 is 1.81 bits per heavy atom. The normalized spacial score (nSPS) is 15.7. The Bertz CT molecular complexity index is 838. The van der Waals surface area contributed by atoms with Crippen molar-refractivity contribution >= 4 is 34.2 Å². The van der Waals surface area contributed by atoms with Gasteiger partial charge in [-0.05, 0) is 37.5 Å². The summed E-state index contributed by atoms with van der Waals surface area (Å²) in [5.41, 5.74) is 2.03. The van der Waals surface area contributed by atoms with Crippen LogP contribution in [0.4, 0.5) is 10.5 Å². The highest BCUT2D eigenvalue weighted by atomic mass is 35.5. The van der Waals surface area contributed by atoms with Gasteiger partial charge in [0, 0.05) is 49.8 Å². The highest BCUT2D eigenvalue weighted by molar-refractivity contribution is 7.70. The molecule has 1 atom stereocenters. The first-order valence-corrected chi connectivity index (χ1v) is 12.5. The number of amides is 2. The summed E-state index contributed by atoms with van der Waals surface area (Å²) in [7, 11) is -0.915. The molecule has 1 heterocycles. The standard InChI is InChI=1S/C22H35ClN4O3S/c1-5-7-9-13-27(31(29)30)22(28)26-15-14-25(18(26)3)17-19-10-11-20(16-21(19)23)24(4)12-8-6-2/h10-11,14-16,18,31H,5-9,12-13,17H2,1-4H3. The third-order valence-corrected chi connectivity index (χ3v) is 6.71. The summed E-state index contributed by atoms with van der Waals surface area (Å²) in [6.45, 7) is 7.79. The van der Waals surface area contributed by atoms with Crippen LogP contribution in [0, 0.1) is 0 Å². The fourth-order valence-corrected chi connectivity index (χ4v) is 4.27. The van der Waals surface area contributed by atoms with Crippen molar-refractivity contribution in [3.05, 3.63) is 41.2 Å². The van der Waals surface area contributed by atoms with E-state index in [1.54, 1.807) is 6.20 Å². The van der Waals surface area contributed by atoms with E-state index in [2.05, 4.69) is 24.9 Å². The number of hydrogen-bond donors (Lipinski definition) is 1. The van der Waals surface area contributed by atoms with Crippen LogP contribution in [0.1, 0.15) is 58.4 Å². The van der Waals surface area contributed by atoms with Crippen molar-refractivity contribution in [2.75, 3.05) is 25.0 Å². The smallest absolute Gasteiger partial charge is 0.339 e. The molecule has 0 aliphatic carbocycles. The molecule has 31 heavy (non-hydrogen) atoms. The molecule has 174 valence electrons. The molecular formula is C22H35ClN4O3S. The molecule has 2 rings (SSSR count). The molecule has 2 amide bonds. The second-order valence-electron chi connectivity index (χ2n) is 7.91. The third-order valence-electron chi connectivity index (χ3n) is 5.59. The van der Waals surface area contributed by atoms with Crippen molar-refractivity contribution in [1.82, 2.24) is 14.1 Å².